The van der Waals surface area contributed by atoms with Gasteiger partial charge in [-0.2, -0.15) is 23.5 Å². The summed E-state index contributed by atoms with van der Waals surface area (Å²) < 4.78 is 5.19. The molecule has 0 aromatic heterocycles. The Labute approximate surface area is 104 Å². The lowest BCUT2D eigenvalue weighted by molar-refractivity contribution is -0.125. The molecule has 2 fully saturated rings. The summed E-state index contributed by atoms with van der Waals surface area (Å²) in [6, 6.07) is -0.131. The van der Waals surface area contributed by atoms with Gasteiger partial charge in [0.05, 0.1) is 19.1 Å². The van der Waals surface area contributed by atoms with Crippen LogP contribution < -0.4 is 11.1 Å². The standard InChI is InChI=1S/C10H18N2O2S2/c11-9-5-14-4-8(9)10(13)12-3-7-6-15-1-2-16-7/h7-9H,1-6,11H2,(H,12,13). The highest BCUT2D eigenvalue weighted by atomic mass is 32.2. The van der Waals surface area contributed by atoms with Crippen molar-refractivity contribution in [1.82, 2.24) is 5.32 Å². The zero-order chi connectivity index (χ0) is 11.4. The Morgan fingerprint density at radius 3 is 2.94 bits per heavy atom. The molecule has 0 aromatic rings. The molecule has 0 radical (unpaired) electrons. The number of ether oxygens (including phenoxy) is 1. The van der Waals surface area contributed by atoms with Gasteiger partial charge in [-0.15, -0.1) is 0 Å². The summed E-state index contributed by atoms with van der Waals surface area (Å²) in [5, 5.41) is 3.55. The summed E-state index contributed by atoms with van der Waals surface area (Å²) in [5.74, 6) is 3.47. The maximum atomic E-state index is 11.8. The second-order valence-corrected chi connectivity index (χ2v) is 6.68. The second-order valence-electron chi connectivity index (χ2n) is 4.12. The fraction of sp³-hybridized carbons (Fsp3) is 0.900. The minimum atomic E-state index is -0.152. The Morgan fingerprint density at radius 1 is 1.44 bits per heavy atom. The van der Waals surface area contributed by atoms with Crippen molar-refractivity contribution in [3.63, 3.8) is 0 Å². The zero-order valence-corrected chi connectivity index (χ0v) is 10.8. The Hall–Kier alpha value is 0.0900. The number of rotatable bonds is 3. The van der Waals surface area contributed by atoms with Crippen LogP contribution in [-0.2, 0) is 9.53 Å². The van der Waals surface area contributed by atoms with Crippen LogP contribution >= 0.6 is 23.5 Å². The summed E-state index contributed by atoms with van der Waals surface area (Å²) in [6.07, 6.45) is 0. The zero-order valence-electron chi connectivity index (χ0n) is 9.19. The molecule has 0 aliphatic carbocycles. The van der Waals surface area contributed by atoms with Crippen LogP contribution in [0.3, 0.4) is 0 Å². The molecular weight excluding hydrogens is 244 g/mol. The molecule has 2 aliphatic rings. The van der Waals surface area contributed by atoms with Gasteiger partial charge in [-0.3, -0.25) is 4.79 Å². The molecule has 0 bridgehead atoms. The summed E-state index contributed by atoms with van der Waals surface area (Å²) in [5.41, 5.74) is 5.79. The predicted molar refractivity (Wildman–Crippen MR) is 68.9 cm³/mol. The van der Waals surface area contributed by atoms with Crippen LogP contribution in [0, 0.1) is 5.92 Å². The number of nitrogens with two attached hydrogens (primary N) is 1. The van der Waals surface area contributed by atoms with Crippen molar-refractivity contribution < 1.29 is 9.53 Å². The van der Waals surface area contributed by atoms with Gasteiger partial charge >= 0.3 is 0 Å². The van der Waals surface area contributed by atoms with Gasteiger partial charge in [-0.1, -0.05) is 0 Å². The van der Waals surface area contributed by atoms with Gasteiger partial charge in [0.15, 0.2) is 0 Å². The average Bonchev–Trinajstić information content (AvgIpc) is 2.74. The van der Waals surface area contributed by atoms with E-state index < -0.39 is 0 Å². The fourth-order valence-corrected chi connectivity index (χ4v) is 4.45. The normalized spacial score (nSPS) is 34.9. The third kappa shape index (κ3) is 3.29. The van der Waals surface area contributed by atoms with Crippen molar-refractivity contribution >= 4 is 29.4 Å². The van der Waals surface area contributed by atoms with E-state index >= 15 is 0 Å². The molecule has 92 valence electrons. The van der Waals surface area contributed by atoms with E-state index in [1.54, 1.807) is 0 Å². The molecular formula is C10H18N2O2S2. The lowest BCUT2D eigenvalue weighted by atomic mass is 10.0. The first kappa shape index (κ1) is 12.5. The summed E-state index contributed by atoms with van der Waals surface area (Å²) >= 11 is 3.92. The van der Waals surface area contributed by atoms with Crippen LogP contribution in [0.1, 0.15) is 0 Å². The van der Waals surface area contributed by atoms with Crippen molar-refractivity contribution in [2.75, 3.05) is 37.0 Å². The van der Waals surface area contributed by atoms with Crippen molar-refractivity contribution in [2.45, 2.75) is 11.3 Å². The number of amides is 1. The molecule has 3 N–H and O–H groups in total. The molecule has 0 spiro atoms. The fourth-order valence-electron chi connectivity index (χ4n) is 1.84. The topological polar surface area (TPSA) is 64.3 Å². The van der Waals surface area contributed by atoms with E-state index in [2.05, 4.69) is 5.32 Å². The minimum Gasteiger partial charge on any atom is -0.379 e. The summed E-state index contributed by atoms with van der Waals surface area (Å²) in [4.78, 5) is 11.8. The van der Waals surface area contributed by atoms with E-state index in [4.69, 9.17) is 10.5 Å². The maximum Gasteiger partial charge on any atom is 0.227 e. The number of thioether (sulfide) groups is 2. The molecule has 3 atom stereocenters. The van der Waals surface area contributed by atoms with Crippen molar-refractivity contribution in [3.05, 3.63) is 0 Å². The first-order valence-electron chi connectivity index (χ1n) is 5.58. The first-order chi connectivity index (χ1) is 7.77. The predicted octanol–water partition coefficient (Wildman–Crippen LogP) is -0.0751. The number of carbonyl (C=O) groups is 1. The van der Waals surface area contributed by atoms with Gasteiger partial charge in [0.1, 0.15) is 0 Å². The molecule has 2 saturated heterocycles. The SMILES string of the molecule is NC1COCC1C(=O)NCC1CSCCS1. The van der Waals surface area contributed by atoms with Crippen LogP contribution in [0.2, 0.25) is 0 Å². The Morgan fingerprint density at radius 2 is 2.31 bits per heavy atom. The van der Waals surface area contributed by atoms with Gasteiger partial charge in [0.2, 0.25) is 5.91 Å². The molecule has 4 nitrogen and oxygen atoms in total. The Balaban J connectivity index is 1.70. The Bertz CT molecular complexity index is 247. The van der Waals surface area contributed by atoms with E-state index in [9.17, 15) is 4.79 Å². The van der Waals surface area contributed by atoms with E-state index in [1.165, 1.54) is 11.5 Å². The van der Waals surface area contributed by atoms with Gasteiger partial charge in [0.25, 0.3) is 0 Å². The minimum absolute atomic E-state index is 0.0566. The molecule has 2 aliphatic heterocycles. The third-order valence-corrected chi connectivity index (χ3v) is 5.70. The molecule has 6 heteroatoms. The molecule has 3 unspecified atom stereocenters. The van der Waals surface area contributed by atoms with Crippen LogP contribution in [0.15, 0.2) is 0 Å². The number of carbonyl (C=O) groups excluding carboxylic acids is 1. The van der Waals surface area contributed by atoms with Crippen molar-refractivity contribution in [3.8, 4) is 0 Å². The second kappa shape index (κ2) is 6.14. The maximum absolute atomic E-state index is 11.8. The lowest BCUT2D eigenvalue weighted by Crippen LogP contribution is -2.43. The molecule has 1 amide bonds. The van der Waals surface area contributed by atoms with E-state index in [-0.39, 0.29) is 17.9 Å². The quantitative estimate of drug-likeness (QED) is 0.745. The van der Waals surface area contributed by atoms with Crippen molar-refractivity contribution in [1.29, 1.82) is 0 Å². The number of hydrogen-bond acceptors (Lipinski definition) is 5. The smallest absolute Gasteiger partial charge is 0.227 e. The highest BCUT2D eigenvalue weighted by molar-refractivity contribution is 8.06. The van der Waals surface area contributed by atoms with E-state index in [0.717, 1.165) is 12.3 Å². The first-order valence-corrected chi connectivity index (χ1v) is 7.78. The van der Waals surface area contributed by atoms with Gasteiger partial charge in [0, 0.05) is 35.1 Å². The molecule has 0 aromatic carbocycles. The van der Waals surface area contributed by atoms with Crippen LogP contribution in [0.5, 0.6) is 0 Å². The third-order valence-electron chi connectivity index (χ3n) is 2.85. The highest BCUT2D eigenvalue weighted by Gasteiger charge is 2.31. The lowest BCUT2D eigenvalue weighted by Gasteiger charge is -2.22. The number of nitrogens with one attached hydrogen (secondary N) is 1. The monoisotopic (exact) mass is 262 g/mol. The van der Waals surface area contributed by atoms with Crippen LogP contribution in [0.4, 0.5) is 0 Å². The van der Waals surface area contributed by atoms with Crippen LogP contribution in [0.25, 0.3) is 0 Å². The van der Waals surface area contributed by atoms with Gasteiger partial charge in [-0.25, -0.2) is 0 Å². The van der Waals surface area contributed by atoms with Gasteiger partial charge in [-0.05, 0) is 0 Å². The largest absolute Gasteiger partial charge is 0.379 e. The number of hydrogen-bond donors (Lipinski definition) is 2. The van der Waals surface area contributed by atoms with E-state index in [0.29, 0.717) is 18.5 Å². The molecule has 16 heavy (non-hydrogen) atoms. The Kier molecular flexibility index (Phi) is 4.81. The average molecular weight is 262 g/mol. The summed E-state index contributed by atoms with van der Waals surface area (Å²) in [6.45, 7) is 1.74. The molecule has 0 saturated carbocycles. The molecule has 2 rings (SSSR count). The summed E-state index contributed by atoms with van der Waals surface area (Å²) in [7, 11) is 0. The highest BCUT2D eigenvalue weighted by Crippen LogP contribution is 2.23. The van der Waals surface area contributed by atoms with Crippen molar-refractivity contribution in [2.24, 2.45) is 11.7 Å². The van der Waals surface area contributed by atoms with Crippen LogP contribution in [-0.4, -0.2) is 54.2 Å². The van der Waals surface area contributed by atoms with E-state index in [1.807, 2.05) is 23.5 Å². The molecule has 2 heterocycles. The van der Waals surface area contributed by atoms with Gasteiger partial charge < -0.3 is 15.8 Å².